The van der Waals surface area contributed by atoms with Crippen LogP contribution in [0.3, 0.4) is 0 Å². The van der Waals surface area contributed by atoms with E-state index in [-0.39, 0.29) is 11.5 Å². The summed E-state index contributed by atoms with van der Waals surface area (Å²) in [7, 11) is 3.22. The molecule has 2 heterocycles. The number of amides is 1. The summed E-state index contributed by atoms with van der Waals surface area (Å²) in [6.45, 7) is 4.55. The van der Waals surface area contributed by atoms with E-state index in [0.717, 1.165) is 17.7 Å². The van der Waals surface area contributed by atoms with Gasteiger partial charge < -0.3 is 14.4 Å². The number of benzene rings is 3. The molecule has 0 spiro atoms. The molecule has 0 aliphatic heterocycles. The normalized spacial score (nSPS) is 11.8. The van der Waals surface area contributed by atoms with E-state index in [1.165, 1.54) is 16.9 Å². The number of hydrogen-bond donors (Lipinski definition) is 0. The number of ether oxygens (including phenoxy) is 2. The van der Waals surface area contributed by atoms with Crippen molar-refractivity contribution in [2.45, 2.75) is 39.2 Å². The fourth-order valence-corrected chi connectivity index (χ4v) is 5.95. The molecule has 1 unspecified atom stereocenters. The maximum atomic E-state index is 14.1. The van der Waals surface area contributed by atoms with Crippen LogP contribution >= 0.6 is 11.3 Å². The molecule has 0 saturated carbocycles. The molecule has 0 N–H and O–H groups in total. The molecule has 2 aromatic heterocycles. The van der Waals surface area contributed by atoms with Gasteiger partial charge in [-0.15, -0.1) is 11.3 Å². The fourth-order valence-electron chi connectivity index (χ4n) is 5.27. The SMILES string of the molecule is CCc1ccc(-n2c(C(CC)N(CCc3ccc(OC)c(OC)c3)C(=O)c3cccs3)nc3ccccc3c2=O)cc1. The van der Waals surface area contributed by atoms with E-state index in [1.54, 1.807) is 24.9 Å². The Hall–Kier alpha value is -4.43. The average molecular weight is 582 g/mol. The van der Waals surface area contributed by atoms with Gasteiger partial charge in [0.2, 0.25) is 0 Å². The molecular formula is C34H35N3O4S. The van der Waals surface area contributed by atoms with E-state index in [0.29, 0.717) is 52.5 Å². The van der Waals surface area contributed by atoms with Crippen LogP contribution in [0, 0.1) is 0 Å². The number of methoxy groups -OCH3 is 2. The van der Waals surface area contributed by atoms with Crippen LogP contribution in [0.5, 0.6) is 11.5 Å². The lowest BCUT2D eigenvalue weighted by molar-refractivity contribution is 0.0667. The third-order valence-corrected chi connectivity index (χ3v) is 8.41. The number of carbonyl (C=O) groups is 1. The minimum Gasteiger partial charge on any atom is -0.493 e. The zero-order chi connectivity index (χ0) is 29.6. The van der Waals surface area contributed by atoms with Crippen LogP contribution in [0.1, 0.15) is 52.9 Å². The largest absolute Gasteiger partial charge is 0.493 e. The van der Waals surface area contributed by atoms with E-state index in [2.05, 4.69) is 6.92 Å². The van der Waals surface area contributed by atoms with Crippen molar-refractivity contribution < 1.29 is 14.3 Å². The lowest BCUT2D eigenvalue weighted by Gasteiger charge is -2.32. The first kappa shape index (κ1) is 29.1. The summed E-state index contributed by atoms with van der Waals surface area (Å²) in [5, 5.41) is 2.44. The molecule has 8 heteroatoms. The van der Waals surface area contributed by atoms with Crippen molar-refractivity contribution in [3.05, 3.63) is 116 Å². The highest BCUT2D eigenvalue weighted by Crippen LogP contribution is 2.31. The van der Waals surface area contributed by atoms with Crippen LogP contribution in [0.25, 0.3) is 16.6 Å². The molecule has 0 saturated heterocycles. The van der Waals surface area contributed by atoms with Crippen molar-refractivity contribution in [1.29, 1.82) is 0 Å². The highest BCUT2D eigenvalue weighted by molar-refractivity contribution is 7.12. The van der Waals surface area contributed by atoms with Gasteiger partial charge in [-0.1, -0.05) is 50.2 Å². The third-order valence-electron chi connectivity index (χ3n) is 7.55. The van der Waals surface area contributed by atoms with E-state index in [9.17, 15) is 9.59 Å². The maximum absolute atomic E-state index is 14.1. The number of aromatic nitrogens is 2. The Morgan fingerprint density at radius 2 is 1.67 bits per heavy atom. The summed E-state index contributed by atoms with van der Waals surface area (Å²) in [4.78, 5) is 35.7. The number of fused-ring (bicyclic) bond motifs is 1. The van der Waals surface area contributed by atoms with Crippen LogP contribution in [-0.4, -0.2) is 41.1 Å². The molecule has 1 atom stereocenters. The molecule has 5 rings (SSSR count). The smallest absolute Gasteiger partial charge is 0.266 e. The Morgan fingerprint density at radius 3 is 2.33 bits per heavy atom. The Labute approximate surface area is 250 Å². The molecule has 0 bridgehead atoms. The molecule has 42 heavy (non-hydrogen) atoms. The van der Waals surface area contributed by atoms with Gasteiger partial charge in [-0.05, 0) is 78.2 Å². The van der Waals surface area contributed by atoms with Crippen LogP contribution in [0.2, 0.25) is 0 Å². The molecule has 0 aliphatic carbocycles. The van der Waals surface area contributed by atoms with Gasteiger partial charge in [-0.2, -0.15) is 0 Å². The van der Waals surface area contributed by atoms with E-state index in [4.69, 9.17) is 14.5 Å². The predicted octanol–water partition coefficient (Wildman–Crippen LogP) is 6.86. The second-order valence-corrected chi connectivity index (χ2v) is 10.9. The second kappa shape index (κ2) is 13.0. The summed E-state index contributed by atoms with van der Waals surface area (Å²) in [6.07, 6.45) is 2.05. The van der Waals surface area contributed by atoms with Gasteiger partial charge in [0, 0.05) is 6.54 Å². The summed E-state index contributed by atoms with van der Waals surface area (Å²) in [6, 6.07) is 24.4. The fraction of sp³-hybridized carbons (Fsp3) is 0.265. The van der Waals surface area contributed by atoms with Crippen molar-refractivity contribution in [2.24, 2.45) is 0 Å². The number of thiophene rings is 1. The highest BCUT2D eigenvalue weighted by Gasteiger charge is 2.30. The Morgan fingerprint density at radius 1 is 0.929 bits per heavy atom. The number of rotatable bonds is 11. The topological polar surface area (TPSA) is 73.7 Å². The molecule has 216 valence electrons. The quantitative estimate of drug-likeness (QED) is 0.170. The van der Waals surface area contributed by atoms with Crippen molar-refractivity contribution in [3.8, 4) is 17.2 Å². The zero-order valence-corrected chi connectivity index (χ0v) is 25.2. The minimum absolute atomic E-state index is 0.0902. The van der Waals surface area contributed by atoms with Crippen molar-refractivity contribution in [1.82, 2.24) is 14.5 Å². The highest BCUT2D eigenvalue weighted by atomic mass is 32.1. The predicted molar refractivity (Wildman–Crippen MR) is 168 cm³/mol. The van der Waals surface area contributed by atoms with E-state index < -0.39 is 6.04 Å². The molecule has 7 nitrogen and oxygen atoms in total. The molecule has 3 aromatic carbocycles. The van der Waals surface area contributed by atoms with Gasteiger partial charge in [-0.3, -0.25) is 14.2 Å². The first-order valence-corrected chi connectivity index (χ1v) is 15.0. The molecule has 0 fully saturated rings. The number of hydrogen-bond acceptors (Lipinski definition) is 6. The van der Waals surface area contributed by atoms with E-state index >= 15 is 0 Å². The van der Waals surface area contributed by atoms with Gasteiger partial charge in [0.1, 0.15) is 5.82 Å². The van der Waals surface area contributed by atoms with Gasteiger partial charge in [0.15, 0.2) is 11.5 Å². The van der Waals surface area contributed by atoms with Crippen molar-refractivity contribution in [2.75, 3.05) is 20.8 Å². The van der Waals surface area contributed by atoms with Crippen LogP contribution in [-0.2, 0) is 12.8 Å². The first-order valence-electron chi connectivity index (χ1n) is 14.1. The third kappa shape index (κ3) is 5.81. The summed E-state index contributed by atoms with van der Waals surface area (Å²) in [5.41, 5.74) is 3.37. The molecule has 1 amide bonds. The number of aryl methyl sites for hydroxylation is 1. The van der Waals surface area contributed by atoms with Crippen LogP contribution < -0.4 is 15.0 Å². The van der Waals surface area contributed by atoms with Gasteiger partial charge in [0.05, 0.1) is 41.7 Å². The average Bonchev–Trinajstić information content (AvgIpc) is 3.58. The minimum atomic E-state index is -0.456. The van der Waals surface area contributed by atoms with Gasteiger partial charge in [-0.25, -0.2) is 4.98 Å². The van der Waals surface area contributed by atoms with Crippen molar-refractivity contribution in [3.63, 3.8) is 0 Å². The van der Waals surface area contributed by atoms with Crippen LogP contribution in [0.15, 0.2) is 89.0 Å². The molecule has 0 radical (unpaired) electrons. The Kier molecular flexibility index (Phi) is 9.03. The zero-order valence-electron chi connectivity index (χ0n) is 24.4. The summed E-state index contributed by atoms with van der Waals surface area (Å²) in [5.74, 6) is 1.74. The first-order chi connectivity index (χ1) is 20.5. The lowest BCUT2D eigenvalue weighted by Crippen LogP contribution is -2.39. The standard InChI is InChI=1S/C34H35N3O4S/c1-5-23-13-16-25(17-14-23)37-32(35-27-11-8-7-10-26(27)33(37)38)28(6-2)36(34(39)31-12-9-21-42-31)20-19-24-15-18-29(40-3)30(22-24)41-4/h7-18,21-22,28H,5-6,19-20H2,1-4H3. The number of carbonyl (C=O) groups excluding carboxylic acids is 1. The lowest BCUT2D eigenvalue weighted by atomic mass is 10.1. The van der Waals surface area contributed by atoms with Crippen molar-refractivity contribution >= 4 is 28.1 Å². The summed E-state index contributed by atoms with van der Waals surface area (Å²) >= 11 is 1.41. The van der Waals surface area contributed by atoms with Gasteiger partial charge >= 0.3 is 0 Å². The van der Waals surface area contributed by atoms with Crippen LogP contribution in [0.4, 0.5) is 0 Å². The Bertz CT molecular complexity index is 1730. The molecular weight excluding hydrogens is 546 g/mol. The maximum Gasteiger partial charge on any atom is 0.266 e. The van der Waals surface area contributed by atoms with Gasteiger partial charge in [0.25, 0.3) is 11.5 Å². The Balaban J connectivity index is 1.63. The number of para-hydroxylation sites is 1. The molecule has 0 aliphatic rings. The van der Waals surface area contributed by atoms with E-state index in [1.807, 2.05) is 90.0 Å². The monoisotopic (exact) mass is 581 g/mol. The summed E-state index contributed by atoms with van der Waals surface area (Å²) < 4.78 is 12.6. The molecule has 5 aromatic rings. The number of nitrogens with zero attached hydrogens (tertiary/aromatic N) is 3. The second-order valence-electron chi connectivity index (χ2n) is 9.99.